The van der Waals surface area contributed by atoms with Crippen LogP contribution in [-0.2, 0) is 13.1 Å². The van der Waals surface area contributed by atoms with E-state index >= 15 is 0 Å². The van der Waals surface area contributed by atoms with Gasteiger partial charge in [-0.15, -0.1) is 0 Å². The SMILES string of the molecule is OC(CN(Cc1ccccc1)C1CCCCC1O)Cn1c2ccccc2c2ccccc21. The van der Waals surface area contributed by atoms with E-state index in [0.29, 0.717) is 13.1 Å². The zero-order valence-electron chi connectivity index (χ0n) is 18.5. The molecule has 1 heterocycles. The molecule has 4 heteroatoms. The van der Waals surface area contributed by atoms with E-state index in [2.05, 4.69) is 82.3 Å². The minimum Gasteiger partial charge on any atom is -0.391 e. The summed E-state index contributed by atoms with van der Waals surface area (Å²) >= 11 is 0. The lowest BCUT2D eigenvalue weighted by atomic mass is 9.90. The van der Waals surface area contributed by atoms with Gasteiger partial charge in [0.2, 0.25) is 0 Å². The van der Waals surface area contributed by atoms with E-state index < -0.39 is 6.10 Å². The summed E-state index contributed by atoms with van der Waals surface area (Å²) in [5, 5.41) is 24.4. The molecule has 3 atom stereocenters. The number of hydrogen-bond acceptors (Lipinski definition) is 3. The molecule has 0 saturated heterocycles. The molecule has 0 bridgehead atoms. The van der Waals surface area contributed by atoms with Gasteiger partial charge in [-0.1, -0.05) is 79.6 Å². The minimum absolute atomic E-state index is 0.0942. The Bertz CT molecular complexity index is 1120. The topological polar surface area (TPSA) is 48.6 Å². The Kier molecular flexibility index (Phi) is 6.26. The summed E-state index contributed by atoms with van der Waals surface area (Å²) in [7, 11) is 0. The number of fused-ring (bicyclic) bond motifs is 3. The maximum atomic E-state index is 11.3. The molecule has 1 aliphatic carbocycles. The van der Waals surface area contributed by atoms with Gasteiger partial charge in [0.25, 0.3) is 0 Å². The molecule has 3 aromatic carbocycles. The third-order valence-electron chi connectivity index (χ3n) is 6.91. The second-order valence-electron chi connectivity index (χ2n) is 9.13. The fourth-order valence-corrected chi connectivity index (χ4v) is 5.39. The van der Waals surface area contributed by atoms with Crippen molar-refractivity contribution in [3.05, 3.63) is 84.4 Å². The van der Waals surface area contributed by atoms with Gasteiger partial charge in [0.05, 0.1) is 18.8 Å². The van der Waals surface area contributed by atoms with Crippen LogP contribution in [-0.4, -0.2) is 44.5 Å². The molecular weight excluding hydrogens is 396 g/mol. The van der Waals surface area contributed by atoms with Gasteiger partial charge in [-0.25, -0.2) is 0 Å². The predicted molar refractivity (Wildman–Crippen MR) is 131 cm³/mol. The first-order valence-electron chi connectivity index (χ1n) is 11.8. The zero-order chi connectivity index (χ0) is 21.9. The van der Waals surface area contributed by atoms with Gasteiger partial charge in [0.15, 0.2) is 0 Å². The molecule has 5 rings (SSSR count). The van der Waals surface area contributed by atoms with E-state index in [9.17, 15) is 10.2 Å². The molecule has 1 fully saturated rings. The first-order valence-corrected chi connectivity index (χ1v) is 11.8. The average Bonchev–Trinajstić information content (AvgIpc) is 3.13. The molecule has 0 aliphatic heterocycles. The number of aliphatic hydroxyl groups excluding tert-OH is 2. The van der Waals surface area contributed by atoms with Crippen LogP contribution in [0.15, 0.2) is 78.9 Å². The monoisotopic (exact) mass is 428 g/mol. The van der Waals surface area contributed by atoms with Crippen molar-refractivity contribution in [2.24, 2.45) is 0 Å². The van der Waals surface area contributed by atoms with E-state index in [4.69, 9.17) is 0 Å². The van der Waals surface area contributed by atoms with Crippen LogP contribution in [0.3, 0.4) is 0 Å². The summed E-state index contributed by atoms with van der Waals surface area (Å²) in [5.74, 6) is 0. The molecular formula is C28H32N2O2. The van der Waals surface area contributed by atoms with Crippen molar-refractivity contribution in [3.8, 4) is 0 Å². The number of aliphatic hydroxyl groups is 2. The van der Waals surface area contributed by atoms with E-state index in [1.165, 1.54) is 16.3 Å². The van der Waals surface area contributed by atoms with Gasteiger partial charge in [-0.3, -0.25) is 4.90 Å². The number of hydrogen-bond donors (Lipinski definition) is 2. The Morgan fingerprint density at radius 3 is 2.06 bits per heavy atom. The fourth-order valence-electron chi connectivity index (χ4n) is 5.39. The summed E-state index contributed by atoms with van der Waals surface area (Å²) in [6.07, 6.45) is 3.19. The highest BCUT2D eigenvalue weighted by Crippen LogP contribution is 2.30. The number of nitrogens with zero attached hydrogens (tertiary/aromatic N) is 2. The minimum atomic E-state index is -0.535. The van der Waals surface area contributed by atoms with Crippen LogP contribution in [0, 0.1) is 0 Å². The second-order valence-corrected chi connectivity index (χ2v) is 9.13. The second kappa shape index (κ2) is 9.45. The molecule has 166 valence electrons. The Morgan fingerprint density at radius 1 is 0.812 bits per heavy atom. The van der Waals surface area contributed by atoms with E-state index in [0.717, 1.165) is 43.3 Å². The summed E-state index contributed by atoms with van der Waals surface area (Å²) in [6, 6.07) is 27.3. The molecule has 4 nitrogen and oxygen atoms in total. The van der Waals surface area contributed by atoms with Crippen LogP contribution in [0.4, 0.5) is 0 Å². The highest BCUT2D eigenvalue weighted by atomic mass is 16.3. The van der Waals surface area contributed by atoms with Crippen LogP contribution in [0.2, 0.25) is 0 Å². The Hall–Kier alpha value is -2.66. The lowest BCUT2D eigenvalue weighted by molar-refractivity contribution is -0.00857. The third-order valence-corrected chi connectivity index (χ3v) is 6.91. The largest absolute Gasteiger partial charge is 0.391 e. The molecule has 2 N–H and O–H groups in total. The lowest BCUT2D eigenvalue weighted by Crippen LogP contribution is -2.48. The van der Waals surface area contributed by atoms with Crippen LogP contribution >= 0.6 is 0 Å². The molecule has 1 saturated carbocycles. The fraction of sp³-hybridized carbons (Fsp3) is 0.357. The van der Waals surface area contributed by atoms with Gasteiger partial charge in [-0.2, -0.15) is 0 Å². The van der Waals surface area contributed by atoms with Crippen LogP contribution in [0.25, 0.3) is 21.8 Å². The number of rotatable bonds is 7. The first kappa shape index (κ1) is 21.2. The Morgan fingerprint density at radius 2 is 1.41 bits per heavy atom. The van der Waals surface area contributed by atoms with Crippen molar-refractivity contribution in [1.29, 1.82) is 0 Å². The van der Waals surface area contributed by atoms with Gasteiger partial charge in [0.1, 0.15) is 0 Å². The maximum Gasteiger partial charge on any atom is 0.0846 e. The highest BCUT2D eigenvalue weighted by molar-refractivity contribution is 6.07. The van der Waals surface area contributed by atoms with Gasteiger partial charge >= 0.3 is 0 Å². The van der Waals surface area contributed by atoms with Crippen molar-refractivity contribution in [2.45, 2.75) is 57.0 Å². The normalized spacial score (nSPS) is 20.2. The number of benzene rings is 3. The molecule has 4 aromatic rings. The molecule has 32 heavy (non-hydrogen) atoms. The van der Waals surface area contributed by atoms with Gasteiger partial charge in [0, 0.05) is 40.9 Å². The van der Waals surface area contributed by atoms with E-state index in [1.54, 1.807) is 0 Å². The molecule has 3 unspecified atom stereocenters. The smallest absolute Gasteiger partial charge is 0.0846 e. The first-order chi connectivity index (χ1) is 15.7. The summed E-state index contributed by atoms with van der Waals surface area (Å²) in [4.78, 5) is 2.30. The van der Waals surface area contributed by atoms with Crippen LogP contribution in [0.1, 0.15) is 31.2 Å². The summed E-state index contributed by atoms with van der Waals surface area (Å²) < 4.78 is 2.24. The predicted octanol–water partition coefficient (Wildman–Crippen LogP) is 4.96. The Balaban J connectivity index is 1.41. The number of para-hydroxylation sites is 2. The van der Waals surface area contributed by atoms with Crippen LogP contribution in [0.5, 0.6) is 0 Å². The summed E-state index contributed by atoms with van der Waals surface area (Å²) in [6.45, 7) is 1.81. The molecule has 1 aromatic heterocycles. The standard InChI is InChI=1S/C28H32N2O2/c31-22(20-30-25-14-6-4-12-23(25)24-13-5-7-15-26(24)30)19-29(18-21-10-2-1-3-11-21)27-16-8-9-17-28(27)32/h1-7,10-15,22,27-28,31-32H,8-9,16-20H2. The van der Waals surface area contributed by atoms with E-state index in [1.807, 2.05) is 6.07 Å². The van der Waals surface area contributed by atoms with Crippen molar-refractivity contribution >= 4 is 21.8 Å². The van der Waals surface area contributed by atoms with Crippen LogP contribution < -0.4 is 0 Å². The molecule has 1 aliphatic rings. The quantitative estimate of drug-likeness (QED) is 0.437. The van der Waals surface area contributed by atoms with E-state index in [-0.39, 0.29) is 12.1 Å². The third kappa shape index (κ3) is 4.31. The van der Waals surface area contributed by atoms with Crippen molar-refractivity contribution < 1.29 is 10.2 Å². The molecule has 0 spiro atoms. The molecule has 0 radical (unpaired) electrons. The van der Waals surface area contributed by atoms with Crippen molar-refractivity contribution in [3.63, 3.8) is 0 Å². The zero-order valence-corrected chi connectivity index (χ0v) is 18.5. The van der Waals surface area contributed by atoms with Gasteiger partial charge in [-0.05, 0) is 30.5 Å². The maximum absolute atomic E-state index is 11.3. The van der Waals surface area contributed by atoms with Gasteiger partial charge < -0.3 is 14.8 Å². The number of aromatic nitrogens is 1. The summed E-state index contributed by atoms with van der Waals surface area (Å²) in [5.41, 5.74) is 3.52. The average molecular weight is 429 g/mol. The van der Waals surface area contributed by atoms with Crippen molar-refractivity contribution in [1.82, 2.24) is 9.47 Å². The highest BCUT2D eigenvalue weighted by Gasteiger charge is 2.30. The Labute approximate surface area is 189 Å². The molecule has 0 amide bonds. The lowest BCUT2D eigenvalue weighted by Gasteiger charge is -2.38. The van der Waals surface area contributed by atoms with Crippen molar-refractivity contribution in [2.75, 3.05) is 6.54 Å².